The molecule has 1 N–H and O–H groups in total. The van der Waals surface area contributed by atoms with Crippen molar-refractivity contribution in [3.63, 3.8) is 0 Å². The van der Waals surface area contributed by atoms with Crippen molar-refractivity contribution in [3.8, 4) is 5.75 Å². The SMILES string of the molecule is CCn1c2ccc(OC(=O)O)cc2c2cc(F)cc(C)c21. The van der Waals surface area contributed by atoms with Crippen LogP contribution in [-0.4, -0.2) is 15.8 Å². The molecule has 0 bridgehead atoms. The van der Waals surface area contributed by atoms with Gasteiger partial charge in [0.25, 0.3) is 0 Å². The lowest BCUT2D eigenvalue weighted by molar-refractivity contribution is 0.144. The highest BCUT2D eigenvalue weighted by atomic mass is 19.1. The maximum atomic E-state index is 13.7. The van der Waals surface area contributed by atoms with Crippen LogP contribution in [0.5, 0.6) is 5.75 Å². The molecular formula is C16H14FNO3. The highest BCUT2D eigenvalue weighted by molar-refractivity contribution is 6.09. The molecule has 5 heteroatoms. The molecular weight excluding hydrogens is 273 g/mol. The van der Waals surface area contributed by atoms with E-state index in [1.807, 2.05) is 13.8 Å². The second-order valence-electron chi connectivity index (χ2n) is 4.91. The van der Waals surface area contributed by atoms with Crippen molar-refractivity contribution >= 4 is 28.0 Å². The van der Waals surface area contributed by atoms with E-state index in [1.165, 1.54) is 12.1 Å². The number of nitrogens with zero attached hydrogens (tertiary/aromatic N) is 1. The first-order chi connectivity index (χ1) is 10.0. The molecule has 4 nitrogen and oxygen atoms in total. The van der Waals surface area contributed by atoms with Crippen molar-refractivity contribution in [3.05, 3.63) is 41.7 Å². The summed E-state index contributed by atoms with van der Waals surface area (Å²) in [5.74, 6) is -0.0771. The number of hydrogen-bond acceptors (Lipinski definition) is 2. The molecule has 0 amide bonds. The van der Waals surface area contributed by atoms with Crippen LogP contribution < -0.4 is 4.74 Å². The van der Waals surface area contributed by atoms with Crippen molar-refractivity contribution in [2.75, 3.05) is 0 Å². The monoisotopic (exact) mass is 287 g/mol. The van der Waals surface area contributed by atoms with Gasteiger partial charge in [0, 0.05) is 22.8 Å². The highest BCUT2D eigenvalue weighted by Gasteiger charge is 2.14. The van der Waals surface area contributed by atoms with Gasteiger partial charge < -0.3 is 14.4 Å². The summed E-state index contributed by atoms with van der Waals surface area (Å²) >= 11 is 0. The molecule has 108 valence electrons. The number of aryl methyl sites for hydroxylation is 2. The molecule has 0 aliphatic heterocycles. The Bertz CT molecular complexity index is 867. The van der Waals surface area contributed by atoms with E-state index in [0.29, 0.717) is 0 Å². The number of benzene rings is 2. The molecule has 1 heterocycles. The molecule has 21 heavy (non-hydrogen) atoms. The average molecular weight is 287 g/mol. The number of carboxylic acid groups (broad SMARTS) is 1. The second kappa shape index (κ2) is 4.77. The van der Waals surface area contributed by atoms with Gasteiger partial charge in [-0.15, -0.1) is 0 Å². The summed E-state index contributed by atoms with van der Waals surface area (Å²) in [5, 5.41) is 10.3. The van der Waals surface area contributed by atoms with Crippen molar-refractivity contribution < 1.29 is 19.0 Å². The Morgan fingerprint density at radius 3 is 2.71 bits per heavy atom. The Kier molecular flexibility index (Phi) is 3.05. The number of rotatable bonds is 2. The van der Waals surface area contributed by atoms with E-state index >= 15 is 0 Å². The molecule has 0 radical (unpaired) electrons. The summed E-state index contributed by atoms with van der Waals surface area (Å²) in [5.41, 5.74) is 2.74. The Morgan fingerprint density at radius 2 is 2.05 bits per heavy atom. The zero-order valence-corrected chi connectivity index (χ0v) is 11.7. The first-order valence-electron chi connectivity index (χ1n) is 6.64. The van der Waals surface area contributed by atoms with E-state index < -0.39 is 6.16 Å². The predicted octanol–water partition coefficient (Wildman–Crippen LogP) is 4.32. The van der Waals surface area contributed by atoms with Gasteiger partial charge in [0.15, 0.2) is 0 Å². The Morgan fingerprint density at radius 1 is 1.29 bits per heavy atom. The van der Waals surface area contributed by atoms with Crippen LogP contribution in [-0.2, 0) is 6.54 Å². The Balaban J connectivity index is 2.40. The fourth-order valence-electron chi connectivity index (χ4n) is 2.88. The van der Waals surface area contributed by atoms with Crippen LogP contribution in [0.25, 0.3) is 21.8 Å². The number of halogens is 1. The molecule has 0 spiro atoms. The molecule has 0 atom stereocenters. The van der Waals surface area contributed by atoms with Crippen molar-refractivity contribution in [1.29, 1.82) is 0 Å². The summed E-state index contributed by atoms with van der Waals surface area (Å²) in [6, 6.07) is 8.02. The van der Waals surface area contributed by atoms with Gasteiger partial charge in [0.05, 0.1) is 5.52 Å². The predicted molar refractivity (Wildman–Crippen MR) is 78.5 cm³/mol. The standard InChI is InChI=1S/C16H14FNO3/c1-3-18-14-5-4-11(21-16(19)20)8-12(14)13-7-10(17)6-9(2)15(13)18/h4-8H,3H2,1-2H3,(H,19,20). The van der Waals surface area contributed by atoms with Gasteiger partial charge in [-0.1, -0.05) is 0 Å². The Labute approximate surface area is 120 Å². The number of aromatic nitrogens is 1. The number of fused-ring (bicyclic) bond motifs is 3. The summed E-state index contributed by atoms with van der Waals surface area (Å²) < 4.78 is 20.5. The summed E-state index contributed by atoms with van der Waals surface area (Å²) in [7, 11) is 0. The average Bonchev–Trinajstić information content (AvgIpc) is 2.71. The normalized spacial score (nSPS) is 11.2. The van der Waals surface area contributed by atoms with E-state index in [2.05, 4.69) is 9.30 Å². The summed E-state index contributed by atoms with van der Waals surface area (Å²) in [6.45, 7) is 4.63. The van der Waals surface area contributed by atoms with Crippen LogP contribution in [0, 0.1) is 12.7 Å². The van der Waals surface area contributed by atoms with Gasteiger partial charge in [-0.05, 0) is 49.7 Å². The fourth-order valence-corrected chi connectivity index (χ4v) is 2.88. The minimum atomic E-state index is -1.36. The zero-order chi connectivity index (χ0) is 15.1. The van der Waals surface area contributed by atoms with E-state index in [1.54, 1.807) is 18.2 Å². The minimum Gasteiger partial charge on any atom is -0.449 e. The third-order valence-electron chi connectivity index (χ3n) is 3.61. The molecule has 3 rings (SSSR count). The Hall–Kier alpha value is -2.56. The van der Waals surface area contributed by atoms with Crippen LogP contribution in [0.3, 0.4) is 0 Å². The van der Waals surface area contributed by atoms with Crippen LogP contribution in [0.4, 0.5) is 9.18 Å². The van der Waals surface area contributed by atoms with E-state index in [4.69, 9.17) is 5.11 Å². The number of carbonyl (C=O) groups is 1. The van der Waals surface area contributed by atoms with Crippen molar-refractivity contribution in [2.45, 2.75) is 20.4 Å². The topological polar surface area (TPSA) is 51.5 Å². The maximum absolute atomic E-state index is 13.7. The van der Waals surface area contributed by atoms with Gasteiger partial charge in [-0.25, -0.2) is 9.18 Å². The van der Waals surface area contributed by atoms with Gasteiger partial charge >= 0.3 is 6.16 Å². The van der Waals surface area contributed by atoms with Gasteiger partial charge in [0.2, 0.25) is 0 Å². The second-order valence-corrected chi connectivity index (χ2v) is 4.91. The van der Waals surface area contributed by atoms with Crippen molar-refractivity contribution in [2.24, 2.45) is 0 Å². The van der Waals surface area contributed by atoms with Crippen molar-refractivity contribution in [1.82, 2.24) is 4.57 Å². The molecule has 0 saturated heterocycles. The lowest BCUT2D eigenvalue weighted by Crippen LogP contribution is -2.02. The maximum Gasteiger partial charge on any atom is 0.511 e. The highest BCUT2D eigenvalue weighted by Crippen LogP contribution is 2.34. The summed E-state index contributed by atoms with van der Waals surface area (Å²) in [6.07, 6.45) is -1.36. The third-order valence-corrected chi connectivity index (χ3v) is 3.61. The lowest BCUT2D eigenvalue weighted by Gasteiger charge is -2.05. The van der Waals surface area contributed by atoms with Crippen LogP contribution in [0.2, 0.25) is 0 Å². The van der Waals surface area contributed by atoms with Gasteiger partial charge in [-0.3, -0.25) is 0 Å². The molecule has 0 unspecified atom stereocenters. The lowest BCUT2D eigenvalue weighted by atomic mass is 10.1. The largest absolute Gasteiger partial charge is 0.511 e. The first-order valence-corrected chi connectivity index (χ1v) is 6.64. The summed E-state index contributed by atoms with van der Waals surface area (Å²) in [4.78, 5) is 10.7. The van der Waals surface area contributed by atoms with Crippen LogP contribution >= 0.6 is 0 Å². The van der Waals surface area contributed by atoms with Gasteiger partial charge in [-0.2, -0.15) is 0 Å². The first kappa shape index (κ1) is 13.4. The quantitative estimate of drug-likeness (QED) is 0.564. The molecule has 3 aromatic rings. The minimum absolute atomic E-state index is 0.229. The van der Waals surface area contributed by atoms with E-state index in [0.717, 1.165) is 33.9 Å². The molecule has 1 aromatic heterocycles. The smallest absolute Gasteiger partial charge is 0.449 e. The molecule has 0 saturated carbocycles. The third kappa shape index (κ3) is 2.11. The van der Waals surface area contributed by atoms with Crippen LogP contribution in [0.15, 0.2) is 30.3 Å². The fraction of sp³-hybridized carbons (Fsp3) is 0.188. The number of ether oxygens (including phenoxy) is 1. The zero-order valence-electron chi connectivity index (χ0n) is 11.7. The molecule has 0 aliphatic carbocycles. The molecule has 0 fully saturated rings. The van der Waals surface area contributed by atoms with E-state index in [-0.39, 0.29) is 11.6 Å². The van der Waals surface area contributed by atoms with Crippen LogP contribution in [0.1, 0.15) is 12.5 Å². The van der Waals surface area contributed by atoms with Gasteiger partial charge in [0.1, 0.15) is 11.6 Å². The molecule has 0 aliphatic rings. The molecule has 2 aromatic carbocycles. The number of hydrogen-bond donors (Lipinski definition) is 1. The van der Waals surface area contributed by atoms with E-state index in [9.17, 15) is 9.18 Å².